The first-order chi connectivity index (χ1) is 16.1. The number of benzene rings is 2. The third-order valence-electron chi connectivity index (χ3n) is 4.87. The number of halogens is 4. The van der Waals surface area contributed by atoms with Gasteiger partial charge < -0.3 is 9.88 Å². The van der Waals surface area contributed by atoms with Gasteiger partial charge in [0.25, 0.3) is 0 Å². The Hall–Kier alpha value is -3.37. The summed E-state index contributed by atoms with van der Waals surface area (Å²) in [7, 11) is 1.70. The lowest BCUT2D eigenvalue weighted by Gasteiger charge is -2.14. The zero-order valence-electron chi connectivity index (χ0n) is 17.6. The van der Waals surface area contributed by atoms with Crippen molar-refractivity contribution in [2.24, 2.45) is 7.05 Å². The van der Waals surface area contributed by atoms with Crippen molar-refractivity contribution >= 4 is 51.6 Å². The third-order valence-corrected chi connectivity index (χ3v) is 6.02. The Morgan fingerprint density at radius 3 is 2.62 bits per heavy atom. The van der Waals surface area contributed by atoms with Gasteiger partial charge in [-0.2, -0.15) is 13.2 Å². The lowest BCUT2D eigenvalue weighted by Crippen LogP contribution is -2.18. The summed E-state index contributed by atoms with van der Waals surface area (Å²) in [6, 6.07) is 11.7. The third kappa shape index (κ3) is 5.07. The van der Waals surface area contributed by atoms with Crippen LogP contribution in [0.25, 0.3) is 10.9 Å². The number of para-hydroxylation sites is 1. The first kappa shape index (κ1) is 23.8. The fourth-order valence-electron chi connectivity index (χ4n) is 3.30. The number of ketones is 1. The summed E-state index contributed by atoms with van der Waals surface area (Å²) in [4.78, 5) is 34.1. The van der Waals surface area contributed by atoms with Gasteiger partial charge in [0.1, 0.15) is 0 Å². The summed E-state index contributed by atoms with van der Waals surface area (Å²) < 4.78 is 41.4. The van der Waals surface area contributed by atoms with Crippen molar-refractivity contribution in [2.75, 3.05) is 11.1 Å². The van der Waals surface area contributed by atoms with E-state index in [1.54, 1.807) is 48.1 Å². The van der Waals surface area contributed by atoms with Gasteiger partial charge in [0, 0.05) is 35.4 Å². The molecule has 34 heavy (non-hydrogen) atoms. The normalized spacial score (nSPS) is 11.6. The number of rotatable bonds is 6. The van der Waals surface area contributed by atoms with Crippen LogP contribution in [0, 0.1) is 0 Å². The summed E-state index contributed by atoms with van der Waals surface area (Å²) in [6.07, 6.45) is -1.51. The van der Waals surface area contributed by atoms with Gasteiger partial charge in [-0.05, 0) is 30.3 Å². The molecule has 0 aliphatic carbocycles. The highest BCUT2D eigenvalue weighted by Gasteiger charge is 2.34. The van der Waals surface area contributed by atoms with E-state index >= 15 is 0 Å². The van der Waals surface area contributed by atoms with Crippen LogP contribution >= 0.6 is 23.4 Å². The van der Waals surface area contributed by atoms with Crippen LogP contribution in [0.4, 0.5) is 18.9 Å². The van der Waals surface area contributed by atoms with E-state index in [2.05, 4.69) is 15.3 Å². The van der Waals surface area contributed by atoms with E-state index < -0.39 is 17.6 Å². The van der Waals surface area contributed by atoms with E-state index in [9.17, 15) is 22.8 Å². The van der Waals surface area contributed by atoms with Crippen LogP contribution in [0.3, 0.4) is 0 Å². The Balaban J connectivity index is 1.57. The van der Waals surface area contributed by atoms with Crippen LogP contribution in [0.5, 0.6) is 0 Å². The Kier molecular flexibility index (Phi) is 6.63. The number of fused-ring (bicyclic) bond motifs is 1. The van der Waals surface area contributed by atoms with Crippen molar-refractivity contribution in [3.8, 4) is 0 Å². The number of alkyl halides is 3. The van der Waals surface area contributed by atoms with E-state index in [0.29, 0.717) is 21.5 Å². The number of carbonyl (C=O) groups is 2. The number of carbonyl (C=O) groups excluding carboxylic acids is 2. The van der Waals surface area contributed by atoms with Crippen molar-refractivity contribution in [2.45, 2.75) is 11.2 Å². The lowest BCUT2D eigenvalue weighted by molar-refractivity contribution is -0.137. The first-order valence-electron chi connectivity index (χ1n) is 9.84. The van der Waals surface area contributed by atoms with Crippen molar-refractivity contribution in [3.05, 3.63) is 82.9 Å². The van der Waals surface area contributed by atoms with E-state index in [-0.39, 0.29) is 28.1 Å². The maximum absolute atomic E-state index is 13.3. The Morgan fingerprint density at radius 1 is 1.15 bits per heavy atom. The standard InChI is InChI=1S/C23H16ClF3N4O2S/c1-31-9-8-28-22(31)21(33)15-11-20(30-17-5-3-2-4-14(15)17)34-12-19(32)29-18-7-6-13(24)10-16(18)23(25,26)27/h2-11H,12H2,1H3,(H,29,32). The van der Waals surface area contributed by atoms with E-state index in [1.807, 2.05) is 0 Å². The molecule has 0 aliphatic heterocycles. The highest BCUT2D eigenvalue weighted by Crippen LogP contribution is 2.36. The van der Waals surface area contributed by atoms with Crippen molar-refractivity contribution < 1.29 is 22.8 Å². The van der Waals surface area contributed by atoms with Crippen LogP contribution in [-0.2, 0) is 18.0 Å². The molecule has 0 aliphatic rings. The number of aromatic nitrogens is 3. The second-order valence-electron chi connectivity index (χ2n) is 7.24. The zero-order valence-corrected chi connectivity index (χ0v) is 19.1. The fourth-order valence-corrected chi connectivity index (χ4v) is 4.19. The van der Waals surface area contributed by atoms with Crippen LogP contribution in [0.1, 0.15) is 21.7 Å². The molecule has 11 heteroatoms. The molecule has 0 saturated carbocycles. The van der Waals surface area contributed by atoms with E-state index in [4.69, 9.17) is 11.6 Å². The van der Waals surface area contributed by atoms with Crippen molar-refractivity contribution in [3.63, 3.8) is 0 Å². The Labute approximate surface area is 201 Å². The number of nitrogens with one attached hydrogen (secondary N) is 1. The number of pyridine rings is 1. The van der Waals surface area contributed by atoms with Crippen LogP contribution in [0.2, 0.25) is 5.02 Å². The zero-order chi connectivity index (χ0) is 24.5. The molecule has 0 unspecified atom stereocenters. The Bertz CT molecular complexity index is 1400. The summed E-state index contributed by atoms with van der Waals surface area (Å²) in [6.45, 7) is 0. The van der Waals surface area contributed by atoms with Crippen LogP contribution in [-0.4, -0.2) is 32.0 Å². The lowest BCUT2D eigenvalue weighted by atomic mass is 10.1. The molecular formula is C23H16ClF3N4O2S. The summed E-state index contributed by atoms with van der Waals surface area (Å²) in [5.74, 6) is -0.952. The fraction of sp³-hybridized carbons (Fsp3) is 0.130. The van der Waals surface area contributed by atoms with Crippen LogP contribution in [0.15, 0.2) is 66.0 Å². The van der Waals surface area contributed by atoms with Gasteiger partial charge >= 0.3 is 6.18 Å². The number of anilines is 1. The average Bonchev–Trinajstić information content (AvgIpc) is 3.23. The largest absolute Gasteiger partial charge is 0.418 e. The van der Waals surface area contributed by atoms with Gasteiger partial charge in [0.05, 0.1) is 27.5 Å². The Morgan fingerprint density at radius 2 is 1.91 bits per heavy atom. The number of nitrogens with zero attached hydrogens (tertiary/aromatic N) is 3. The molecule has 4 rings (SSSR count). The van der Waals surface area contributed by atoms with Crippen molar-refractivity contribution in [1.82, 2.24) is 14.5 Å². The summed E-state index contributed by atoms with van der Waals surface area (Å²) in [5, 5.41) is 3.18. The molecule has 0 fully saturated rings. The minimum Gasteiger partial charge on any atom is -0.331 e. The van der Waals surface area contributed by atoms with E-state index in [0.717, 1.165) is 23.9 Å². The van der Waals surface area contributed by atoms with Gasteiger partial charge in [0.15, 0.2) is 5.82 Å². The number of aryl methyl sites for hydroxylation is 1. The molecule has 2 aromatic heterocycles. The molecule has 174 valence electrons. The molecule has 1 amide bonds. The van der Waals surface area contributed by atoms with Gasteiger partial charge in [-0.3, -0.25) is 9.59 Å². The smallest absolute Gasteiger partial charge is 0.331 e. The second kappa shape index (κ2) is 9.47. The molecule has 0 spiro atoms. The molecule has 0 atom stereocenters. The summed E-state index contributed by atoms with van der Waals surface area (Å²) >= 11 is 6.68. The monoisotopic (exact) mass is 504 g/mol. The molecule has 6 nitrogen and oxygen atoms in total. The van der Waals surface area contributed by atoms with Crippen molar-refractivity contribution in [1.29, 1.82) is 0 Å². The minimum atomic E-state index is -4.68. The minimum absolute atomic E-state index is 0.0926. The molecule has 4 aromatic rings. The quantitative estimate of drug-likeness (QED) is 0.273. The predicted molar refractivity (Wildman–Crippen MR) is 124 cm³/mol. The molecule has 1 N–H and O–H groups in total. The van der Waals surface area contributed by atoms with Crippen LogP contribution < -0.4 is 5.32 Å². The number of hydrogen-bond acceptors (Lipinski definition) is 5. The SMILES string of the molecule is Cn1ccnc1C(=O)c1cc(SCC(=O)Nc2ccc(Cl)cc2C(F)(F)F)nc2ccccc12. The molecule has 0 radical (unpaired) electrons. The molecule has 0 bridgehead atoms. The maximum Gasteiger partial charge on any atom is 0.418 e. The number of imidazole rings is 1. The molecule has 2 heterocycles. The van der Waals surface area contributed by atoms with Gasteiger partial charge in [0.2, 0.25) is 11.7 Å². The highest BCUT2D eigenvalue weighted by atomic mass is 35.5. The second-order valence-corrected chi connectivity index (χ2v) is 8.67. The van der Waals surface area contributed by atoms with Gasteiger partial charge in [-0.1, -0.05) is 41.6 Å². The number of thioether (sulfide) groups is 1. The topological polar surface area (TPSA) is 76.9 Å². The number of amides is 1. The van der Waals surface area contributed by atoms with Gasteiger partial charge in [-0.15, -0.1) is 0 Å². The summed E-state index contributed by atoms with van der Waals surface area (Å²) in [5.41, 5.74) is -0.521. The maximum atomic E-state index is 13.3. The molecule has 0 saturated heterocycles. The highest BCUT2D eigenvalue weighted by molar-refractivity contribution is 7.99. The average molecular weight is 505 g/mol. The molecule has 2 aromatic carbocycles. The number of hydrogen-bond donors (Lipinski definition) is 1. The first-order valence-corrected chi connectivity index (χ1v) is 11.2. The van der Waals surface area contributed by atoms with E-state index in [1.165, 1.54) is 12.3 Å². The predicted octanol–water partition coefficient (Wildman–Crippen LogP) is 5.60. The molecular weight excluding hydrogens is 489 g/mol. The van der Waals surface area contributed by atoms with Gasteiger partial charge in [-0.25, -0.2) is 9.97 Å².